The van der Waals surface area contributed by atoms with E-state index in [0.717, 1.165) is 38.5 Å². The summed E-state index contributed by atoms with van der Waals surface area (Å²) < 4.78 is 0.215. The number of aliphatic carboxylic acids is 3. The van der Waals surface area contributed by atoms with Gasteiger partial charge in [-0.05, 0) is 53.4 Å². The first-order chi connectivity index (χ1) is 13.5. The molecule has 0 radical (unpaired) electrons. The normalized spacial score (nSPS) is 16.8. The van der Waals surface area contributed by atoms with Gasteiger partial charge in [-0.3, -0.25) is 14.4 Å². The van der Waals surface area contributed by atoms with Crippen LogP contribution in [0.15, 0.2) is 12.2 Å². The summed E-state index contributed by atoms with van der Waals surface area (Å²) in [7, 11) is 0. The van der Waals surface area contributed by atoms with E-state index in [1.165, 1.54) is 0 Å². The molecule has 0 aliphatic heterocycles. The summed E-state index contributed by atoms with van der Waals surface area (Å²) in [6.45, 7) is 8.14. The van der Waals surface area contributed by atoms with Gasteiger partial charge in [0.2, 0.25) is 0 Å². The maximum Gasteiger partial charge on any atom is 0.311 e. The number of rotatable bonds is 17. The third-order valence-corrected chi connectivity index (χ3v) is 5.49. The SMILES string of the molecule is C/C=C/CCCCCCC[N+](CC(C)C(=O)O)(CC(C)C(=O)O)CC(C)C(=O)O. The lowest BCUT2D eigenvalue weighted by molar-refractivity contribution is -0.934. The van der Waals surface area contributed by atoms with Gasteiger partial charge < -0.3 is 19.8 Å². The van der Waals surface area contributed by atoms with Crippen molar-refractivity contribution in [2.75, 3.05) is 26.2 Å². The van der Waals surface area contributed by atoms with Gasteiger partial charge in [0.25, 0.3) is 0 Å². The van der Waals surface area contributed by atoms with Crippen molar-refractivity contribution in [3.8, 4) is 0 Å². The number of allylic oxidation sites excluding steroid dienone is 2. The van der Waals surface area contributed by atoms with Crippen LogP contribution in [0.2, 0.25) is 0 Å². The lowest BCUT2D eigenvalue weighted by Gasteiger charge is -2.42. The fourth-order valence-corrected chi connectivity index (χ4v) is 3.88. The second kappa shape index (κ2) is 14.1. The molecule has 0 amide bonds. The summed E-state index contributed by atoms with van der Waals surface area (Å²) in [4.78, 5) is 34.4. The minimum absolute atomic E-state index is 0.215. The van der Waals surface area contributed by atoms with Crippen LogP contribution >= 0.6 is 0 Å². The Morgan fingerprint density at radius 1 is 0.724 bits per heavy atom. The molecule has 29 heavy (non-hydrogen) atoms. The van der Waals surface area contributed by atoms with Crippen LogP contribution in [0.5, 0.6) is 0 Å². The third kappa shape index (κ3) is 11.6. The number of hydrogen-bond donors (Lipinski definition) is 3. The van der Waals surface area contributed by atoms with Crippen molar-refractivity contribution < 1.29 is 34.2 Å². The molecule has 0 aromatic rings. The number of quaternary nitrogens is 1. The van der Waals surface area contributed by atoms with Gasteiger partial charge in [0.05, 0.1) is 26.2 Å². The summed E-state index contributed by atoms with van der Waals surface area (Å²) in [6.07, 6.45) is 10.4. The Bertz CT molecular complexity index is 490. The first kappa shape index (κ1) is 27.1. The second-order valence-corrected chi connectivity index (χ2v) is 8.46. The van der Waals surface area contributed by atoms with Crippen molar-refractivity contribution in [1.82, 2.24) is 0 Å². The number of hydrogen-bond acceptors (Lipinski definition) is 3. The van der Waals surface area contributed by atoms with Gasteiger partial charge >= 0.3 is 17.9 Å². The van der Waals surface area contributed by atoms with E-state index in [4.69, 9.17) is 0 Å². The molecule has 0 saturated carbocycles. The number of carbonyl (C=O) groups is 3. The highest BCUT2D eigenvalue weighted by molar-refractivity contribution is 5.70. The van der Waals surface area contributed by atoms with Crippen LogP contribution in [-0.4, -0.2) is 63.9 Å². The van der Waals surface area contributed by atoms with Crippen molar-refractivity contribution in [3.05, 3.63) is 12.2 Å². The molecule has 7 heteroatoms. The molecule has 168 valence electrons. The highest BCUT2D eigenvalue weighted by Crippen LogP contribution is 2.22. The Hall–Kier alpha value is -1.89. The van der Waals surface area contributed by atoms with Crippen LogP contribution in [0.3, 0.4) is 0 Å². The standard InChI is InChI=1S/C22H39NO6/c1-5-6-7-8-9-10-11-12-13-23(14-17(2)20(24)25,15-18(3)21(26)27)16-19(4)22(28)29/h5-6,17-19H,7-16H2,1-4H3,(H2-,24,25,26,27,28,29)/p+1/b6-5+. The highest BCUT2D eigenvalue weighted by atomic mass is 16.4. The third-order valence-electron chi connectivity index (χ3n) is 5.49. The van der Waals surface area contributed by atoms with E-state index in [0.29, 0.717) is 6.54 Å². The minimum Gasteiger partial charge on any atom is -0.481 e. The van der Waals surface area contributed by atoms with Crippen LogP contribution in [-0.2, 0) is 14.4 Å². The van der Waals surface area contributed by atoms with Crippen molar-refractivity contribution in [1.29, 1.82) is 0 Å². The minimum atomic E-state index is -0.942. The van der Waals surface area contributed by atoms with Gasteiger partial charge in [0.1, 0.15) is 17.8 Å². The van der Waals surface area contributed by atoms with Crippen molar-refractivity contribution >= 4 is 17.9 Å². The molecule has 7 nitrogen and oxygen atoms in total. The molecular formula is C22H40NO6+. The second-order valence-electron chi connectivity index (χ2n) is 8.46. The number of carboxylic acid groups (broad SMARTS) is 3. The highest BCUT2D eigenvalue weighted by Gasteiger charge is 2.38. The maximum absolute atomic E-state index is 11.5. The molecule has 3 atom stereocenters. The van der Waals surface area contributed by atoms with Gasteiger partial charge in [-0.2, -0.15) is 0 Å². The van der Waals surface area contributed by atoms with Crippen LogP contribution in [0.25, 0.3) is 0 Å². The molecule has 3 unspecified atom stereocenters. The van der Waals surface area contributed by atoms with Crippen LogP contribution < -0.4 is 0 Å². The molecule has 0 spiro atoms. The average molecular weight is 415 g/mol. The predicted molar refractivity (Wildman–Crippen MR) is 113 cm³/mol. The first-order valence-electron chi connectivity index (χ1n) is 10.7. The summed E-state index contributed by atoms with van der Waals surface area (Å²) in [5, 5.41) is 28.2. The molecule has 0 aliphatic rings. The zero-order chi connectivity index (χ0) is 22.4. The van der Waals surface area contributed by atoms with E-state index in [1.807, 2.05) is 13.0 Å². The number of unbranched alkanes of at least 4 members (excludes halogenated alkanes) is 5. The Morgan fingerprint density at radius 2 is 1.10 bits per heavy atom. The lowest BCUT2D eigenvalue weighted by atomic mass is 10.0. The van der Waals surface area contributed by atoms with Crippen molar-refractivity contribution in [2.24, 2.45) is 17.8 Å². The molecule has 3 N–H and O–H groups in total. The Balaban J connectivity index is 5.22. The molecule has 0 heterocycles. The van der Waals surface area contributed by atoms with Gasteiger partial charge in [-0.25, -0.2) is 0 Å². The lowest BCUT2D eigenvalue weighted by Crippen LogP contribution is -2.57. The van der Waals surface area contributed by atoms with E-state index in [2.05, 4.69) is 6.08 Å². The summed E-state index contributed by atoms with van der Waals surface area (Å²) in [5.41, 5.74) is 0. The average Bonchev–Trinajstić information content (AvgIpc) is 2.63. The monoisotopic (exact) mass is 414 g/mol. The zero-order valence-corrected chi connectivity index (χ0v) is 18.5. The van der Waals surface area contributed by atoms with E-state index in [1.54, 1.807) is 20.8 Å². The summed E-state index contributed by atoms with van der Waals surface area (Å²) in [5.74, 6) is -4.83. The van der Waals surface area contributed by atoms with Crippen LogP contribution in [0.4, 0.5) is 0 Å². The molecule has 0 aromatic heterocycles. The predicted octanol–water partition coefficient (Wildman–Crippen LogP) is 3.88. The Labute approximate surface area is 175 Å². The van der Waals surface area contributed by atoms with Crippen molar-refractivity contribution in [3.63, 3.8) is 0 Å². The van der Waals surface area contributed by atoms with Gasteiger partial charge in [-0.15, -0.1) is 0 Å². The van der Waals surface area contributed by atoms with Crippen LogP contribution in [0.1, 0.15) is 66.2 Å². The maximum atomic E-state index is 11.5. The van der Waals surface area contributed by atoms with E-state index in [9.17, 15) is 29.7 Å². The van der Waals surface area contributed by atoms with Crippen LogP contribution in [0, 0.1) is 17.8 Å². The smallest absolute Gasteiger partial charge is 0.311 e. The largest absolute Gasteiger partial charge is 0.481 e. The number of carboxylic acids is 3. The molecule has 0 saturated heterocycles. The molecule has 0 aromatic carbocycles. The van der Waals surface area contributed by atoms with E-state index in [-0.39, 0.29) is 24.1 Å². The van der Waals surface area contributed by atoms with Gasteiger partial charge in [-0.1, -0.05) is 25.0 Å². The Kier molecular flexibility index (Phi) is 13.2. The summed E-state index contributed by atoms with van der Waals surface area (Å²) >= 11 is 0. The number of nitrogens with zero attached hydrogens (tertiary/aromatic N) is 1. The summed E-state index contributed by atoms with van der Waals surface area (Å²) in [6, 6.07) is 0. The quantitative estimate of drug-likeness (QED) is 0.189. The van der Waals surface area contributed by atoms with E-state index >= 15 is 0 Å². The molecule has 0 fully saturated rings. The van der Waals surface area contributed by atoms with Gasteiger partial charge in [0, 0.05) is 0 Å². The van der Waals surface area contributed by atoms with Gasteiger partial charge in [0.15, 0.2) is 0 Å². The topological polar surface area (TPSA) is 112 Å². The molecular weight excluding hydrogens is 374 g/mol. The fourth-order valence-electron chi connectivity index (χ4n) is 3.88. The Morgan fingerprint density at radius 3 is 1.48 bits per heavy atom. The molecule has 0 rings (SSSR count). The zero-order valence-electron chi connectivity index (χ0n) is 18.5. The van der Waals surface area contributed by atoms with E-state index < -0.39 is 35.7 Å². The first-order valence-corrected chi connectivity index (χ1v) is 10.7. The molecule has 0 bridgehead atoms. The van der Waals surface area contributed by atoms with Crippen molar-refractivity contribution in [2.45, 2.75) is 66.2 Å². The molecule has 0 aliphatic carbocycles. The fraction of sp³-hybridized carbons (Fsp3) is 0.773.